The molecule has 8 nitrogen and oxygen atoms in total. The first kappa shape index (κ1) is 13.2. The zero-order valence-electron chi connectivity index (χ0n) is 11.6. The Kier molecular flexibility index (Phi) is 3.35. The average molecular weight is 286 g/mol. The second kappa shape index (κ2) is 5.31. The third-order valence-corrected chi connectivity index (χ3v) is 3.36. The highest BCUT2D eigenvalue weighted by molar-refractivity contribution is 5.92. The van der Waals surface area contributed by atoms with Gasteiger partial charge in [0.2, 0.25) is 5.95 Å². The zero-order valence-corrected chi connectivity index (χ0v) is 11.6. The summed E-state index contributed by atoms with van der Waals surface area (Å²) in [5.41, 5.74) is 2.06. The van der Waals surface area contributed by atoms with E-state index < -0.39 is 12.0 Å². The second-order valence-electron chi connectivity index (χ2n) is 4.50. The summed E-state index contributed by atoms with van der Waals surface area (Å²) in [5, 5.41) is 14.7. The third kappa shape index (κ3) is 2.14. The van der Waals surface area contributed by atoms with E-state index in [0.717, 1.165) is 11.3 Å². The lowest BCUT2D eigenvalue weighted by Gasteiger charge is -2.27. The number of rotatable bonds is 3. The first-order chi connectivity index (χ1) is 10.3. The molecule has 0 saturated heterocycles. The van der Waals surface area contributed by atoms with Crippen LogP contribution >= 0.6 is 0 Å². The second-order valence-corrected chi connectivity index (χ2v) is 4.50. The molecule has 0 bridgehead atoms. The van der Waals surface area contributed by atoms with Crippen molar-refractivity contribution >= 4 is 11.9 Å². The maximum atomic E-state index is 12.2. The molecular formula is C13H14N6O2. The largest absolute Gasteiger partial charge is 0.466 e. The van der Waals surface area contributed by atoms with Crippen LogP contribution in [0.1, 0.15) is 24.9 Å². The molecule has 2 aromatic heterocycles. The zero-order chi connectivity index (χ0) is 14.8. The Morgan fingerprint density at radius 3 is 3.05 bits per heavy atom. The SMILES string of the molecule is CCC1=C(C(=O)OC)C(c2cccnc2)n2nnnc2N1. The topological polar surface area (TPSA) is 94.8 Å². The van der Waals surface area contributed by atoms with E-state index in [4.69, 9.17) is 4.74 Å². The fourth-order valence-electron chi connectivity index (χ4n) is 2.41. The van der Waals surface area contributed by atoms with Gasteiger partial charge in [0, 0.05) is 18.1 Å². The lowest BCUT2D eigenvalue weighted by molar-refractivity contribution is -0.136. The predicted octanol–water partition coefficient (Wildman–Crippen LogP) is 0.920. The molecule has 0 amide bonds. The maximum absolute atomic E-state index is 12.2. The molecule has 1 unspecified atom stereocenters. The molecule has 0 spiro atoms. The van der Waals surface area contributed by atoms with Gasteiger partial charge in [-0.15, -0.1) is 0 Å². The molecule has 21 heavy (non-hydrogen) atoms. The van der Waals surface area contributed by atoms with Crippen molar-refractivity contribution in [1.82, 2.24) is 25.2 Å². The fourth-order valence-corrected chi connectivity index (χ4v) is 2.41. The quantitative estimate of drug-likeness (QED) is 0.838. The van der Waals surface area contributed by atoms with Gasteiger partial charge in [-0.25, -0.2) is 4.79 Å². The highest BCUT2D eigenvalue weighted by Crippen LogP contribution is 2.35. The van der Waals surface area contributed by atoms with Gasteiger partial charge in [0.15, 0.2) is 0 Å². The Balaban J connectivity index is 2.20. The van der Waals surface area contributed by atoms with Crippen molar-refractivity contribution in [3.8, 4) is 0 Å². The van der Waals surface area contributed by atoms with Crippen LogP contribution in [0.4, 0.5) is 5.95 Å². The number of carbonyl (C=O) groups excluding carboxylic acids is 1. The molecule has 0 aromatic carbocycles. The molecule has 0 aliphatic carbocycles. The van der Waals surface area contributed by atoms with E-state index in [1.165, 1.54) is 7.11 Å². The van der Waals surface area contributed by atoms with Gasteiger partial charge in [-0.05, 0) is 28.5 Å². The van der Waals surface area contributed by atoms with E-state index in [1.807, 2.05) is 19.1 Å². The molecule has 0 radical (unpaired) electrons. The number of carbonyl (C=O) groups is 1. The first-order valence-electron chi connectivity index (χ1n) is 6.52. The molecule has 8 heteroatoms. The predicted molar refractivity (Wildman–Crippen MR) is 73.1 cm³/mol. The van der Waals surface area contributed by atoms with E-state index in [2.05, 4.69) is 25.8 Å². The fraction of sp³-hybridized carbons (Fsp3) is 0.308. The van der Waals surface area contributed by atoms with E-state index in [1.54, 1.807) is 17.1 Å². The number of hydrogen-bond acceptors (Lipinski definition) is 7. The van der Waals surface area contributed by atoms with Crippen LogP contribution in [0, 0.1) is 0 Å². The number of hydrogen-bond donors (Lipinski definition) is 1. The van der Waals surface area contributed by atoms with E-state index in [0.29, 0.717) is 17.9 Å². The molecule has 0 saturated carbocycles. The molecule has 108 valence electrons. The Labute approximate surface area is 120 Å². The van der Waals surface area contributed by atoms with Crippen LogP contribution in [0.15, 0.2) is 35.8 Å². The number of anilines is 1. The van der Waals surface area contributed by atoms with Crippen LogP contribution in [0.5, 0.6) is 0 Å². The molecule has 1 atom stereocenters. The monoisotopic (exact) mass is 286 g/mol. The Hall–Kier alpha value is -2.77. The summed E-state index contributed by atoms with van der Waals surface area (Å²) in [6.45, 7) is 1.95. The number of ether oxygens (including phenoxy) is 1. The average Bonchev–Trinajstić information content (AvgIpc) is 3.01. The summed E-state index contributed by atoms with van der Waals surface area (Å²) in [6.07, 6.45) is 4.00. The normalized spacial score (nSPS) is 17.1. The van der Waals surface area contributed by atoms with E-state index in [9.17, 15) is 4.79 Å². The van der Waals surface area contributed by atoms with E-state index in [-0.39, 0.29) is 0 Å². The van der Waals surface area contributed by atoms with Gasteiger partial charge in [0.1, 0.15) is 6.04 Å². The summed E-state index contributed by atoms with van der Waals surface area (Å²) >= 11 is 0. The molecule has 1 aliphatic rings. The van der Waals surface area contributed by atoms with Gasteiger partial charge in [-0.1, -0.05) is 18.1 Å². The number of esters is 1. The van der Waals surface area contributed by atoms with Crippen molar-refractivity contribution in [3.63, 3.8) is 0 Å². The van der Waals surface area contributed by atoms with E-state index >= 15 is 0 Å². The van der Waals surface area contributed by atoms with Gasteiger partial charge >= 0.3 is 5.97 Å². The van der Waals surface area contributed by atoms with Gasteiger partial charge in [-0.2, -0.15) is 4.68 Å². The number of nitrogens with zero attached hydrogens (tertiary/aromatic N) is 5. The van der Waals surface area contributed by atoms with Crippen LogP contribution in [0.3, 0.4) is 0 Å². The van der Waals surface area contributed by atoms with Crippen molar-refractivity contribution < 1.29 is 9.53 Å². The molecule has 0 fully saturated rings. The van der Waals surface area contributed by atoms with Crippen LogP contribution in [-0.2, 0) is 9.53 Å². The lowest BCUT2D eigenvalue weighted by Crippen LogP contribution is -2.30. The molecule has 3 rings (SSSR count). The van der Waals surface area contributed by atoms with Crippen molar-refractivity contribution in [2.45, 2.75) is 19.4 Å². The number of pyridine rings is 1. The van der Waals surface area contributed by atoms with Gasteiger partial charge in [0.25, 0.3) is 0 Å². The van der Waals surface area contributed by atoms with Gasteiger partial charge in [0.05, 0.1) is 12.7 Å². The number of aromatic nitrogens is 5. The van der Waals surface area contributed by atoms with Crippen molar-refractivity contribution in [2.24, 2.45) is 0 Å². The molecular weight excluding hydrogens is 272 g/mol. The standard InChI is InChI=1S/C13H14N6O2/c1-3-9-10(12(20)21-2)11(8-5-4-6-14-7-8)19-13(15-9)16-17-18-19/h4-7,11H,3H2,1-2H3,(H,15,16,18). The van der Waals surface area contributed by atoms with Gasteiger partial charge < -0.3 is 10.1 Å². The molecule has 1 N–H and O–H groups in total. The minimum Gasteiger partial charge on any atom is -0.466 e. The molecule has 3 heterocycles. The Bertz CT molecular complexity index is 694. The minimum absolute atomic E-state index is 0.408. The summed E-state index contributed by atoms with van der Waals surface area (Å²) in [7, 11) is 1.36. The molecule has 1 aliphatic heterocycles. The van der Waals surface area contributed by atoms with Crippen molar-refractivity contribution in [2.75, 3.05) is 12.4 Å². The number of allylic oxidation sites excluding steroid dienone is 1. The third-order valence-electron chi connectivity index (χ3n) is 3.36. The Morgan fingerprint density at radius 2 is 2.38 bits per heavy atom. The van der Waals surface area contributed by atoms with Crippen molar-refractivity contribution in [3.05, 3.63) is 41.4 Å². The lowest BCUT2D eigenvalue weighted by atomic mass is 9.96. The summed E-state index contributed by atoms with van der Waals surface area (Å²) < 4.78 is 6.48. The first-order valence-corrected chi connectivity index (χ1v) is 6.52. The van der Waals surface area contributed by atoms with Crippen molar-refractivity contribution in [1.29, 1.82) is 0 Å². The number of fused-ring (bicyclic) bond motifs is 1. The van der Waals surface area contributed by atoms with Crippen LogP contribution in [0.2, 0.25) is 0 Å². The maximum Gasteiger partial charge on any atom is 0.338 e. The highest BCUT2D eigenvalue weighted by atomic mass is 16.5. The summed E-state index contributed by atoms with van der Waals surface area (Å²) in [4.78, 5) is 16.3. The number of methoxy groups -OCH3 is 1. The van der Waals surface area contributed by atoms with Crippen LogP contribution in [-0.4, -0.2) is 38.3 Å². The number of nitrogens with one attached hydrogen (secondary N) is 1. The Morgan fingerprint density at radius 1 is 1.52 bits per heavy atom. The highest BCUT2D eigenvalue weighted by Gasteiger charge is 2.35. The van der Waals surface area contributed by atoms with Crippen LogP contribution < -0.4 is 5.32 Å². The van der Waals surface area contributed by atoms with Gasteiger partial charge in [-0.3, -0.25) is 4.98 Å². The molecule has 2 aromatic rings. The number of tetrazole rings is 1. The summed E-state index contributed by atoms with van der Waals surface area (Å²) in [5.74, 6) is 0.0858. The summed E-state index contributed by atoms with van der Waals surface area (Å²) in [6, 6.07) is 3.24. The minimum atomic E-state index is -0.452. The van der Waals surface area contributed by atoms with Crippen LogP contribution in [0.25, 0.3) is 0 Å². The smallest absolute Gasteiger partial charge is 0.338 e.